The van der Waals surface area contributed by atoms with Gasteiger partial charge in [-0.05, 0) is 59.9 Å². The summed E-state index contributed by atoms with van der Waals surface area (Å²) in [7, 11) is 0. The Balaban J connectivity index is 2.56. The lowest BCUT2D eigenvalue weighted by molar-refractivity contribution is -0.408. The molecule has 0 aliphatic rings. The standard InChI is InChI=1S/C17H28O4/c1-15(2,19-18)12-13-16(3,4)20-21-17(5,6)14-10-8-7-9-11-14/h7-11,18H,12-13H2,1-6H3. The predicted molar refractivity (Wildman–Crippen MR) is 82.7 cm³/mol. The average Bonchev–Trinajstić information content (AvgIpc) is 2.45. The molecule has 4 heteroatoms. The van der Waals surface area contributed by atoms with Gasteiger partial charge in [0.25, 0.3) is 0 Å². The second-order valence-electron chi connectivity index (χ2n) is 7.15. The predicted octanol–water partition coefficient (Wildman–Crippen LogP) is 4.70. The number of hydrogen-bond donors (Lipinski definition) is 1. The molecule has 0 atom stereocenters. The first-order valence-corrected chi connectivity index (χ1v) is 7.33. The highest BCUT2D eigenvalue weighted by Crippen LogP contribution is 2.30. The minimum absolute atomic E-state index is 0.470. The monoisotopic (exact) mass is 296 g/mol. The van der Waals surface area contributed by atoms with E-state index in [9.17, 15) is 0 Å². The average molecular weight is 296 g/mol. The third-order valence-electron chi connectivity index (χ3n) is 3.52. The Labute approximate surface area is 127 Å². The topological polar surface area (TPSA) is 47.9 Å². The molecule has 0 aromatic heterocycles. The summed E-state index contributed by atoms with van der Waals surface area (Å²) in [6, 6.07) is 9.96. The van der Waals surface area contributed by atoms with Crippen molar-refractivity contribution in [2.24, 2.45) is 0 Å². The van der Waals surface area contributed by atoms with Crippen LogP contribution in [0.3, 0.4) is 0 Å². The van der Waals surface area contributed by atoms with Crippen LogP contribution in [0.4, 0.5) is 0 Å². The lowest BCUT2D eigenvalue weighted by Gasteiger charge is -2.32. The van der Waals surface area contributed by atoms with Gasteiger partial charge in [0, 0.05) is 0 Å². The zero-order valence-electron chi connectivity index (χ0n) is 14.0. The van der Waals surface area contributed by atoms with Crippen LogP contribution in [0.5, 0.6) is 0 Å². The van der Waals surface area contributed by atoms with Crippen LogP contribution in [-0.4, -0.2) is 16.5 Å². The number of hydrogen-bond acceptors (Lipinski definition) is 4. The Bertz CT molecular complexity index is 424. The summed E-state index contributed by atoms with van der Waals surface area (Å²) < 4.78 is 0. The van der Waals surface area contributed by atoms with E-state index in [0.717, 1.165) is 5.56 Å². The molecule has 0 saturated heterocycles. The van der Waals surface area contributed by atoms with Gasteiger partial charge >= 0.3 is 0 Å². The van der Waals surface area contributed by atoms with Crippen molar-refractivity contribution < 1.29 is 19.9 Å². The lowest BCUT2D eigenvalue weighted by Crippen LogP contribution is -2.34. The van der Waals surface area contributed by atoms with Gasteiger partial charge in [-0.1, -0.05) is 30.3 Å². The first kappa shape index (κ1) is 18.1. The second kappa shape index (κ2) is 6.88. The largest absolute Gasteiger partial charge is 0.251 e. The molecular formula is C17H28O4. The Morgan fingerprint density at radius 2 is 1.33 bits per heavy atom. The van der Waals surface area contributed by atoms with E-state index in [2.05, 4.69) is 4.89 Å². The van der Waals surface area contributed by atoms with E-state index < -0.39 is 16.8 Å². The van der Waals surface area contributed by atoms with Gasteiger partial charge in [-0.15, -0.1) is 0 Å². The molecule has 0 bridgehead atoms. The highest BCUT2D eigenvalue weighted by atomic mass is 17.2. The summed E-state index contributed by atoms with van der Waals surface area (Å²) in [5, 5.41) is 8.83. The van der Waals surface area contributed by atoms with Gasteiger partial charge in [-0.3, -0.25) is 5.26 Å². The SMILES string of the molecule is CC(C)(CCC(C)(C)OOC(C)(C)c1ccccc1)OO. The molecule has 120 valence electrons. The first-order chi connectivity index (χ1) is 9.58. The number of rotatable bonds is 8. The molecule has 0 saturated carbocycles. The van der Waals surface area contributed by atoms with Crippen LogP contribution in [0.25, 0.3) is 0 Å². The van der Waals surface area contributed by atoms with Gasteiger partial charge in [0.1, 0.15) is 5.60 Å². The van der Waals surface area contributed by atoms with Crippen molar-refractivity contribution in [3.63, 3.8) is 0 Å². The minimum atomic E-state index is -0.588. The molecule has 0 aliphatic carbocycles. The zero-order valence-corrected chi connectivity index (χ0v) is 14.0. The molecule has 0 spiro atoms. The Morgan fingerprint density at radius 1 is 0.810 bits per heavy atom. The quantitative estimate of drug-likeness (QED) is 0.558. The van der Waals surface area contributed by atoms with Gasteiger partial charge in [0.15, 0.2) is 0 Å². The minimum Gasteiger partial charge on any atom is -0.251 e. The summed E-state index contributed by atoms with van der Waals surface area (Å²) >= 11 is 0. The van der Waals surface area contributed by atoms with Crippen molar-refractivity contribution in [2.75, 3.05) is 0 Å². The van der Waals surface area contributed by atoms with Crippen molar-refractivity contribution in [1.29, 1.82) is 0 Å². The fourth-order valence-corrected chi connectivity index (χ4v) is 1.79. The molecule has 4 nitrogen and oxygen atoms in total. The molecule has 0 aliphatic heterocycles. The van der Waals surface area contributed by atoms with Gasteiger partial charge in [0.2, 0.25) is 0 Å². The van der Waals surface area contributed by atoms with Gasteiger partial charge in [-0.25, -0.2) is 14.7 Å². The fourth-order valence-electron chi connectivity index (χ4n) is 1.79. The molecule has 21 heavy (non-hydrogen) atoms. The summed E-state index contributed by atoms with van der Waals surface area (Å²) in [5.74, 6) is 0. The van der Waals surface area contributed by atoms with Gasteiger partial charge < -0.3 is 0 Å². The maximum atomic E-state index is 8.83. The Kier molecular flexibility index (Phi) is 5.93. The van der Waals surface area contributed by atoms with Gasteiger partial charge in [-0.2, -0.15) is 0 Å². The van der Waals surface area contributed by atoms with E-state index in [-0.39, 0.29) is 0 Å². The summed E-state index contributed by atoms with van der Waals surface area (Å²) in [5.41, 5.74) is -0.529. The molecular weight excluding hydrogens is 268 g/mol. The van der Waals surface area contributed by atoms with E-state index >= 15 is 0 Å². The number of benzene rings is 1. The van der Waals surface area contributed by atoms with E-state index in [1.165, 1.54) is 0 Å². The van der Waals surface area contributed by atoms with Crippen molar-refractivity contribution in [1.82, 2.24) is 0 Å². The van der Waals surface area contributed by atoms with Crippen LogP contribution in [0.15, 0.2) is 30.3 Å². The molecule has 1 aromatic rings. The van der Waals surface area contributed by atoms with Crippen molar-refractivity contribution in [3.8, 4) is 0 Å². The summed E-state index contributed by atoms with van der Waals surface area (Å²) in [4.78, 5) is 15.8. The molecule has 1 rings (SSSR count). The van der Waals surface area contributed by atoms with Crippen LogP contribution in [0, 0.1) is 0 Å². The normalized spacial score (nSPS) is 13.5. The van der Waals surface area contributed by atoms with Crippen LogP contribution in [-0.2, 0) is 20.3 Å². The van der Waals surface area contributed by atoms with E-state index in [0.29, 0.717) is 12.8 Å². The lowest BCUT2D eigenvalue weighted by atomic mass is 9.94. The maximum absolute atomic E-state index is 8.83. The molecule has 1 N–H and O–H groups in total. The van der Waals surface area contributed by atoms with Crippen LogP contribution < -0.4 is 0 Å². The molecule has 0 radical (unpaired) electrons. The summed E-state index contributed by atoms with van der Waals surface area (Å²) in [6.45, 7) is 11.5. The zero-order chi connectivity index (χ0) is 16.1. The highest BCUT2D eigenvalue weighted by Gasteiger charge is 2.30. The van der Waals surface area contributed by atoms with E-state index in [1.807, 2.05) is 71.9 Å². The molecule has 0 heterocycles. The van der Waals surface area contributed by atoms with E-state index in [4.69, 9.17) is 15.0 Å². The molecule has 0 amide bonds. The Morgan fingerprint density at radius 3 is 1.86 bits per heavy atom. The molecule has 0 fully saturated rings. The molecule has 0 unspecified atom stereocenters. The first-order valence-electron chi connectivity index (χ1n) is 7.33. The Hall–Kier alpha value is -0.940. The van der Waals surface area contributed by atoms with Crippen molar-refractivity contribution in [3.05, 3.63) is 35.9 Å². The fraction of sp³-hybridized carbons (Fsp3) is 0.647. The smallest absolute Gasteiger partial charge is 0.123 e. The third-order valence-corrected chi connectivity index (χ3v) is 3.52. The third kappa shape index (κ3) is 6.14. The van der Waals surface area contributed by atoms with Crippen LogP contribution >= 0.6 is 0 Å². The van der Waals surface area contributed by atoms with Crippen molar-refractivity contribution >= 4 is 0 Å². The van der Waals surface area contributed by atoms with Crippen LogP contribution in [0.2, 0.25) is 0 Å². The van der Waals surface area contributed by atoms with Crippen molar-refractivity contribution in [2.45, 2.75) is 71.2 Å². The second-order valence-corrected chi connectivity index (χ2v) is 7.15. The highest BCUT2D eigenvalue weighted by molar-refractivity contribution is 5.20. The summed E-state index contributed by atoms with van der Waals surface area (Å²) in [6.07, 6.45) is 1.36. The molecule has 1 aromatic carbocycles. The van der Waals surface area contributed by atoms with E-state index in [1.54, 1.807) is 0 Å². The maximum Gasteiger partial charge on any atom is 0.123 e. The van der Waals surface area contributed by atoms with Gasteiger partial charge in [0.05, 0.1) is 11.2 Å². The van der Waals surface area contributed by atoms with Crippen LogP contribution in [0.1, 0.15) is 59.9 Å².